The molecule has 2 amide bonds. The van der Waals surface area contributed by atoms with Crippen molar-refractivity contribution in [1.29, 1.82) is 5.26 Å². The molecule has 0 bridgehead atoms. The number of aryl methyl sites for hydroxylation is 3. The van der Waals surface area contributed by atoms with Gasteiger partial charge in [-0.3, -0.25) is 9.59 Å². The maximum absolute atomic E-state index is 12.7. The molecule has 0 aromatic carbocycles. The number of hydrogen-bond acceptors (Lipinski definition) is 6. The number of nitrogens with zero attached hydrogens (tertiary/aromatic N) is 5. The summed E-state index contributed by atoms with van der Waals surface area (Å²) in [5.74, 6) is -0.165. The second-order valence-corrected chi connectivity index (χ2v) is 8.17. The van der Waals surface area contributed by atoms with E-state index < -0.39 is 0 Å². The standard InChI is InChI=1S/C23H26N6O3/c1-15-12-16(2)29-21(26-15)18(13-24)19(27-29)7-3-9-25-22(30)17-6-4-10-28(14-17)23(31)20-8-5-11-32-20/h5,8,11-12,17H,3-4,6-7,9-10,14H2,1-2H3,(H,25,30)/t17-/m0/s1. The number of hydrogen-bond donors (Lipinski definition) is 1. The number of fused-ring (bicyclic) bond motifs is 1. The lowest BCUT2D eigenvalue weighted by Crippen LogP contribution is -2.45. The fourth-order valence-corrected chi connectivity index (χ4v) is 4.20. The number of aromatic nitrogens is 3. The van der Waals surface area contributed by atoms with Gasteiger partial charge in [0.1, 0.15) is 11.6 Å². The van der Waals surface area contributed by atoms with Gasteiger partial charge < -0.3 is 14.6 Å². The van der Waals surface area contributed by atoms with Crippen LogP contribution >= 0.6 is 0 Å². The molecule has 9 heteroatoms. The van der Waals surface area contributed by atoms with Crippen molar-refractivity contribution in [3.05, 3.63) is 52.9 Å². The zero-order chi connectivity index (χ0) is 22.7. The van der Waals surface area contributed by atoms with Crippen molar-refractivity contribution in [3.8, 4) is 6.07 Å². The number of nitriles is 1. The third-order valence-corrected chi connectivity index (χ3v) is 5.78. The average Bonchev–Trinajstić information content (AvgIpc) is 3.44. The molecule has 0 spiro atoms. The van der Waals surface area contributed by atoms with Crippen molar-refractivity contribution in [2.75, 3.05) is 19.6 Å². The number of piperidine rings is 1. The first kappa shape index (κ1) is 21.6. The fraction of sp³-hybridized carbons (Fsp3) is 0.435. The number of amides is 2. The Morgan fingerprint density at radius 2 is 2.22 bits per heavy atom. The van der Waals surface area contributed by atoms with Crippen LogP contribution in [0.15, 0.2) is 28.9 Å². The highest BCUT2D eigenvalue weighted by molar-refractivity contribution is 5.92. The van der Waals surface area contributed by atoms with Crippen LogP contribution in [0, 0.1) is 31.1 Å². The lowest BCUT2D eigenvalue weighted by molar-refractivity contribution is -0.126. The van der Waals surface area contributed by atoms with Crippen LogP contribution in [0.5, 0.6) is 0 Å². The Labute approximate surface area is 186 Å². The Morgan fingerprint density at radius 3 is 2.97 bits per heavy atom. The highest BCUT2D eigenvalue weighted by atomic mass is 16.3. The number of carbonyl (C=O) groups is 2. The van der Waals surface area contributed by atoms with Crippen LogP contribution in [0.2, 0.25) is 0 Å². The third kappa shape index (κ3) is 4.35. The van der Waals surface area contributed by atoms with Crippen molar-refractivity contribution in [1.82, 2.24) is 24.8 Å². The smallest absolute Gasteiger partial charge is 0.289 e. The Morgan fingerprint density at radius 1 is 1.38 bits per heavy atom. The summed E-state index contributed by atoms with van der Waals surface area (Å²) in [7, 11) is 0. The maximum Gasteiger partial charge on any atom is 0.289 e. The van der Waals surface area contributed by atoms with Crippen LogP contribution in [0.3, 0.4) is 0 Å². The van der Waals surface area contributed by atoms with E-state index in [2.05, 4.69) is 21.5 Å². The van der Waals surface area contributed by atoms with Crippen molar-refractivity contribution in [2.45, 2.75) is 39.5 Å². The van der Waals surface area contributed by atoms with E-state index in [4.69, 9.17) is 4.42 Å². The molecular weight excluding hydrogens is 408 g/mol. The van der Waals surface area contributed by atoms with Crippen LogP contribution in [0.25, 0.3) is 5.65 Å². The van der Waals surface area contributed by atoms with E-state index in [0.717, 1.165) is 24.2 Å². The molecule has 1 N–H and O–H groups in total. The molecule has 1 atom stereocenters. The van der Waals surface area contributed by atoms with Gasteiger partial charge in [-0.05, 0) is 57.7 Å². The van der Waals surface area contributed by atoms with Crippen LogP contribution in [0.1, 0.15) is 52.5 Å². The molecule has 0 aliphatic carbocycles. The van der Waals surface area contributed by atoms with Crippen molar-refractivity contribution >= 4 is 17.5 Å². The maximum atomic E-state index is 12.7. The summed E-state index contributed by atoms with van der Waals surface area (Å²) in [6.07, 6.45) is 4.23. The van der Waals surface area contributed by atoms with Crippen LogP contribution in [-0.4, -0.2) is 50.9 Å². The van der Waals surface area contributed by atoms with Gasteiger partial charge in [0, 0.05) is 31.0 Å². The third-order valence-electron chi connectivity index (χ3n) is 5.78. The zero-order valence-corrected chi connectivity index (χ0v) is 18.3. The predicted octanol–water partition coefficient (Wildman–Crippen LogP) is 2.41. The first-order valence-corrected chi connectivity index (χ1v) is 10.8. The summed E-state index contributed by atoms with van der Waals surface area (Å²) in [4.78, 5) is 31.3. The lowest BCUT2D eigenvalue weighted by Gasteiger charge is -2.31. The number of furan rings is 1. The molecule has 9 nitrogen and oxygen atoms in total. The van der Waals surface area contributed by atoms with E-state index in [0.29, 0.717) is 55.1 Å². The van der Waals surface area contributed by atoms with Gasteiger partial charge in [0.05, 0.1) is 17.9 Å². The molecule has 0 saturated carbocycles. The lowest BCUT2D eigenvalue weighted by atomic mass is 9.97. The minimum absolute atomic E-state index is 0.0504. The highest BCUT2D eigenvalue weighted by Gasteiger charge is 2.29. The number of likely N-dealkylation sites (tertiary alicyclic amines) is 1. The van der Waals surface area contributed by atoms with Crippen molar-refractivity contribution < 1.29 is 14.0 Å². The van der Waals surface area contributed by atoms with Crippen molar-refractivity contribution in [2.24, 2.45) is 5.92 Å². The van der Waals surface area contributed by atoms with E-state index in [1.54, 1.807) is 21.5 Å². The Bertz CT molecular complexity index is 1170. The quantitative estimate of drug-likeness (QED) is 0.596. The van der Waals surface area contributed by atoms with Crippen LogP contribution in [0.4, 0.5) is 0 Å². The summed E-state index contributed by atoms with van der Waals surface area (Å²) < 4.78 is 6.89. The van der Waals surface area contributed by atoms with Gasteiger partial charge >= 0.3 is 0 Å². The minimum Gasteiger partial charge on any atom is -0.459 e. The van der Waals surface area contributed by atoms with Gasteiger partial charge in [-0.25, -0.2) is 9.50 Å². The number of nitrogens with one attached hydrogen (secondary N) is 1. The SMILES string of the molecule is Cc1cc(C)n2nc(CCCNC(=O)[C@H]3CCCN(C(=O)c4ccco4)C3)c(C#N)c2n1. The summed E-state index contributed by atoms with van der Waals surface area (Å²) >= 11 is 0. The molecule has 1 aliphatic rings. The topological polar surface area (TPSA) is 117 Å². The van der Waals surface area contributed by atoms with E-state index in [1.807, 2.05) is 19.9 Å². The molecular formula is C23H26N6O3. The number of carbonyl (C=O) groups excluding carboxylic acids is 2. The summed E-state index contributed by atoms with van der Waals surface area (Å²) in [5, 5.41) is 17.1. The van der Waals surface area contributed by atoms with Crippen molar-refractivity contribution in [3.63, 3.8) is 0 Å². The zero-order valence-electron chi connectivity index (χ0n) is 18.3. The van der Waals surface area contributed by atoms with Crippen LogP contribution in [-0.2, 0) is 11.2 Å². The molecule has 0 unspecified atom stereocenters. The Kier molecular flexibility index (Phi) is 6.21. The predicted molar refractivity (Wildman–Crippen MR) is 116 cm³/mol. The summed E-state index contributed by atoms with van der Waals surface area (Å²) in [6, 6.07) is 7.47. The van der Waals surface area contributed by atoms with Gasteiger partial charge in [0.25, 0.3) is 5.91 Å². The van der Waals surface area contributed by atoms with E-state index >= 15 is 0 Å². The monoisotopic (exact) mass is 434 g/mol. The first-order chi connectivity index (χ1) is 15.5. The van der Waals surface area contributed by atoms with E-state index in [9.17, 15) is 14.9 Å². The molecule has 1 saturated heterocycles. The normalized spacial score (nSPS) is 16.2. The fourth-order valence-electron chi connectivity index (χ4n) is 4.20. The number of rotatable bonds is 6. The largest absolute Gasteiger partial charge is 0.459 e. The van der Waals surface area contributed by atoms with E-state index in [1.165, 1.54) is 6.26 Å². The van der Waals surface area contributed by atoms with Gasteiger partial charge in [0.15, 0.2) is 11.4 Å². The summed E-state index contributed by atoms with van der Waals surface area (Å²) in [5.41, 5.74) is 3.53. The second-order valence-electron chi connectivity index (χ2n) is 8.17. The van der Waals surface area contributed by atoms with Gasteiger partial charge in [-0.15, -0.1) is 0 Å². The highest BCUT2D eigenvalue weighted by Crippen LogP contribution is 2.20. The van der Waals surface area contributed by atoms with Gasteiger partial charge in [-0.2, -0.15) is 10.4 Å². The minimum atomic E-state index is -0.234. The molecule has 1 aliphatic heterocycles. The molecule has 4 heterocycles. The Balaban J connectivity index is 1.31. The van der Waals surface area contributed by atoms with Gasteiger partial charge in [0.2, 0.25) is 5.91 Å². The molecule has 166 valence electrons. The summed E-state index contributed by atoms with van der Waals surface area (Å²) in [6.45, 7) is 5.32. The van der Waals surface area contributed by atoms with E-state index in [-0.39, 0.29) is 17.7 Å². The molecule has 0 radical (unpaired) electrons. The first-order valence-electron chi connectivity index (χ1n) is 10.8. The Hall–Kier alpha value is -3.67. The molecule has 3 aromatic rings. The molecule has 1 fully saturated rings. The molecule has 3 aromatic heterocycles. The molecule has 32 heavy (non-hydrogen) atoms. The second kappa shape index (κ2) is 9.22. The van der Waals surface area contributed by atoms with Gasteiger partial charge in [-0.1, -0.05) is 0 Å². The molecule has 4 rings (SSSR count). The average molecular weight is 435 g/mol. The van der Waals surface area contributed by atoms with Crippen LogP contribution < -0.4 is 5.32 Å².